The predicted octanol–water partition coefficient (Wildman–Crippen LogP) is 13.9. The van der Waals surface area contributed by atoms with Gasteiger partial charge in [0, 0.05) is 38.2 Å². The van der Waals surface area contributed by atoms with Gasteiger partial charge in [0.2, 0.25) is 0 Å². The zero-order chi connectivity index (χ0) is 32.5. The molecule has 1 aromatic heterocycles. The molecule has 1 aliphatic rings. The van der Waals surface area contributed by atoms with Gasteiger partial charge in [-0.25, -0.2) is 0 Å². The Morgan fingerprint density at radius 2 is 0.840 bits per heavy atom. The number of hydrogen-bond donors (Lipinski definition) is 0. The van der Waals surface area contributed by atoms with Crippen molar-refractivity contribution >= 4 is 75.8 Å². The van der Waals surface area contributed by atoms with Gasteiger partial charge < -0.3 is 9.15 Å². The van der Waals surface area contributed by atoms with Crippen LogP contribution in [0.3, 0.4) is 0 Å². The molecule has 0 spiro atoms. The predicted molar refractivity (Wildman–Crippen MR) is 209 cm³/mol. The molecule has 0 unspecified atom stereocenters. The van der Waals surface area contributed by atoms with Crippen LogP contribution in [0, 0.1) is 0 Å². The second-order valence-corrected chi connectivity index (χ2v) is 13.5. The van der Waals surface area contributed by atoms with Gasteiger partial charge in [0.25, 0.3) is 0 Å². The summed E-state index contributed by atoms with van der Waals surface area (Å²) < 4.78 is 13.9. The van der Waals surface area contributed by atoms with E-state index >= 15 is 0 Å². The van der Waals surface area contributed by atoms with Crippen molar-refractivity contribution in [2.75, 3.05) is 0 Å². The molecule has 12 rings (SSSR count). The summed E-state index contributed by atoms with van der Waals surface area (Å²) in [5, 5.41) is 14.5. The lowest BCUT2D eigenvalue weighted by atomic mass is 9.87. The van der Waals surface area contributed by atoms with Crippen LogP contribution in [0.4, 0.5) is 0 Å². The average Bonchev–Trinajstić information content (AvgIpc) is 3.57. The Bertz CT molecular complexity index is 3210. The molecule has 11 aromatic rings. The Labute approximate surface area is 286 Å². The molecular formula is C48H26O2. The maximum atomic E-state index is 7.10. The monoisotopic (exact) mass is 634 g/mol. The topological polar surface area (TPSA) is 22.4 Å². The van der Waals surface area contributed by atoms with Crippen molar-refractivity contribution in [1.29, 1.82) is 0 Å². The number of hydrogen-bond acceptors (Lipinski definition) is 2. The number of ether oxygens (including phenoxy) is 1. The van der Waals surface area contributed by atoms with Crippen molar-refractivity contribution in [2.45, 2.75) is 0 Å². The summed E-state index contributed by atoms with van der Waals surface area (Å²) in [7, 11) is 0. The SMILES string of the molecule is c1cc(-c2ccc(-c3ccc4ccc5cccc6ccc3c4c56)c3c2oc2c4ccccc4ccc23)c2c(c1)-c1cccc3cccc(c13)O2. The fourth-order valence-electron chi connectivity index (χ4n) is 8.81. The largest absolute Gasteiger partial charge is 0.455 e. The highest BCUT2D eigenvalue weighted by molar-refractivity contribution is 6.28. The van der Waals surface area contributed by atoms with E-state index in [0.717, 1.165) is 71.8 Å². The normalized spacial score (nSPS) is 12.6. The lowest BCUT2D eigenvalue weighted by Gasteiger charge is -2.23. The smallest absolute Gasteiger partial charge is 0.144 e. The summed E-state index contributed by atoms with van der Waals surface area (Å²) in [6, 6.07) is 57.0. The van der Waals surface area contributed by atoms with Gasteiger partial charge in [0.05, 0.1) is 0 Å². The highest BCUT2D eigenvalue weighted by Gasteiger charge is 2.26. The van der Waals surface area contributed by atoms with E-state index in [0.29, 0.717) is 0 Å². The average molecular weight is 635 g/mol. The first kappa shape index (κ1) is 26.3. The Morgan fingerprint density at radius 3 is 1.72 bits per heavy atom. The van der Waals surface area contributed by atoms with Crippen molar-refractivity contribution in [3.8, 4) is 44.9 Å². The summed E-state index contributed by atoms with van der Waals surface area (Å²) in [4.78, 5) is 0. The first-order chi connectivity index (χ1) is 24.8. The second-order valence-electron chi connectivity index (χ2n) is 13.5. The third-order valence-corrected chi connectivity index (χ3v) is 11.0. The van der Waals surface area contributed by atoms with Crippen LogP contribution in [-0.4, -0.2) is 0 Å². The van der Waals surface area contributed by atoms with E-state index in [-0.39, 0.29) is 0 Å². The number of furan rings is 1. The Kier molecular flexibility index (Phi) is 5.00. The fourth-order valence-corrected chi connectivity index (χ4v) is 8.81. The van der Waals surface area contributed by atoms with Gasteiger partial charge in [0.15, 0.2) is 0 Å². The summed E-state index contributed by atoms with van der Waals surface area (Å²) in [6.45, 7) is 0. The second kappa shape index (κ2) is 9.49. The first-order valence-electron chi connectivity index (χ1n) is 17.2. The van der Waals surface area contributed by atoms with E-state index < -0.39 is 0 Å². The molecule has 0 atom stereocenters. The maximum absolute atomic E-state index is 7.10. The Balaban J connectivity index is 1.19. The molecule has 2 heterocycles. The summed E-state index contributed by atoms with van der Waals surface area (Å²) in [5.41, 5.74) is 8.47. The third-order valence-electron chi connectivity index (χ3n) is 11.0. The van der Waals surface area contributed by atoms with Gasteiger partial charge in [-0.1, -0.05) is 140 Å². The van der Waals surface area contributed by atoms with Gasteiger partial charge in [-0.3, -0.25) is 0 Å². The Hall–Kier alpha value is -6.64. The minimum absolute atomic E-state index is 0.862. The van der Waals surface area contributed by atoms with Gasteiger partial charge in [-0.15, -0.1) is 0 Å². The molecule has 0 bridgehead atoms. The molecule has 0 radical (unpaired) electrons. The van der Waals surface area contributed by atoms with Gasteiger partial charge in [0.1, 0.15) is 22.7 Å². The molecule has 2 heteroatoms. The van der Waals surface area contributed by atoms with Gasteiger partial charge in [-0.05, 0) is 78.0 Å². The molecule has 0 aliphatic carbocycles. The van der Waals surface area contributed by atoms with E-state index in [1.54, 1.807) is 0 Å². The van der Waals surface area contributed by atoms with Crippen LogP contribution >= 0.6 is 0 Å². The number of rotatable bonds is 2. The maximum Gasteiger partial charge on any atom is 0.144 e. The zero-order valence-corrected chi connectivity index (χ0v) is 26.8. The number of benzene rings is 10. The standard InChI is InChI=1S/C48H26O2/c1-2-12-32-27(7-1)19-24-40-45-36(33-22-20-31-18-17-29-8-3-9-30-21-23-35(33)44(31)42(29)30)25-26-39(48(45)50-46(32)40)38-15-6-14-37-34-13-4-10-28-11-5-16-41(43(28)34)49-47(37)38/h1-26H. The van der Waals surface area contributed by atoms with Crippen molar-refractivity contribution < 1.29 is 9.15 Å². The van der Waals surface area contributed by atoms with Crippen molar-refractivity contribution in [2.24, 2.45) is 0 Å². The van der Waals surface area contributed by atoms with Gasteiger partial charge in [-0.2, -0.15) is 0 Å². The molecule has 0 N–H and O–H groups in total. The fraction of sp³-hybridized carbons (Fsp3) is 0. The summed E-state index contributed by atoms with van der Waals surface area (Å²) in [5.74, 6) is 1.75. The van der Waals surface area contributed by atoms with Crippen LogP contribution in [0.1, 0.15) is 0 Å². The van der Waals surface area contributed by atoms with Crippen LogP contribution in [0.15, 0.2) is 162 Å². The zero-order valence-electron chi connectivity index (χ0n) is 26.8. The molecule has 50 heavy (non-hydrogen) atoms. The molecule has 0 saturated carbocycles. The van der Waals surface area contributed by atoms with Crippen LogP contribution in [-0.2, 0) is 0 Å². The summed E-state index contributed by atoms with van der Waals surface area (Å²) >= 11 is 0. The first-order valence-corrected chi connectivity index (χ1v) is 17.2. The van der Waals surface area contributed by atoms with Crippen molar-refractivity contribution in [3.05, 3.63) is 158 Å². The van der Waals surface area contributed by atoms with E-state index in [4.69, 9.17) is 9.15 Å². The molecule has 0 saturated heterocycles. The van der Waals surface area contributed by atoms with E-state index in [2.05, 4.69) is 158 Å². The highest BCUT2D eigenvalue weighted by atomic mass is 16.5. The van der Waals surface area contributed by atoms with Crippen molar-refractivity contribution in [3.63, 3.8) is 0 Å². The van der Waals surface area contributed by atoms with Crippen LogP contribution in [0.2, 0.25) is 0 Å². The third kappa shape index (κ3) is 3.37. The van der Waals surface area contributed by atoms with Gasteiger partial charge >= 0.3 is 0 Å². The van der Waals surface area contributed by atoms with Crippen LogP contribution in [0.25, 0.3) is 109 Å². The Morgan fingerprint density at radius 1 is 0.280 bits per heavy atom. The molecule has 230 valence electrons. The quantitative estimate of drug-likeness (QED) is 0.177. The lowest BCUT2D eigenvalue weighted by Crippen LogP contribution is -1.99. The minimum atomic E-state index is 0.862. The van der Waals surface area contributed by atoms with E-state index in [1.165, 1.54) is 48.8 Å². The van der Waals surface area contributed by atoms with E-state index in [9.17, 15) is 0 Å². The lowest BCUT2D eigenvalue weighted by molar-refractivity contribution is 0.489. The molecule has 0 fully saturated rings. The van der Waals surface area contributed by atoms with E-state index in [1.807, 2.05) is 0 Å². The molecule has 10 aromatic carbocycles. The van der Waals surface area contributed by atoms with Crippen LogP contribution in [0.5, 0.6) is 11.5 Å². The summed E-state index contributed by atoms with van der Waals surface area (Å²) in [6.07, 6.45) is 0. The number of para-hydroxylation sites is 1. The van der Waals surface area contributed by atoms with Crippen molar-refractivity contribution in [1.82, 2.24) is 0 Å². The van der Waals surface area contributed by atoms with Crippen LogP contribution < -0.4 is 4.74 Å². The number of fused-ring (bicyclic) bond motifs is 7. The molecule has 1 aliphatic heterocycles. The molecular weight excluding hydrogens is 609 g/mol. The molecule has 0 amide bonds. The minimum Gasteiger partial charge on any atom is -0.455 e. The highest BCUT2D eigenvalue weighted by Crippen LogP contribution is 2.53. The molecule has 2 nitrogen and oxygen atoms in total.